The van der Waals surface area contributed by atoms with Gasteiger partial charge < -0.3 is 13.9 Å². The van der Waals surface area contributed by atoms with Gasteiger partial charge in [0.05, 0.1) is 12.2 Å². The van der Waals surface area contributed by atoms with Gasteiger partial charge in [-0.3, -0.25) is 0 Å². The van der Waals surface area contributed by atoms with Crippen LogP contribution >= 0.6 is 0 Å². The van der Waals surface area contributed by atoms with E-state index in [0.29, 0.717) is 6.61 Å². The molecule has 0 saturated heterocycles. The third kappa shape index (κ3) is 6.23. The molecule has 0 fully saturated rings. The summed E-state index contributed by atoms with van der Waals surface area (Å²) >= 11 is 0. The Balaban J connectivity index is 2.51. The van der Waals surface area contributed by atoms with E-state index >= 15 is 0 Å². The molecule has 4 heteroatoms. The molecule has 24 heavy (non-hydrogen) atoms. The van der Waals surface area contributed by atoms with Gasteiger partial charge in [-0.1, -0.05) is 40.7 Å². The number of hydrogen-bond donors (Lipinski definition) is 1. The lowest BCUT2D eigenvalue weighted by atomic mass is 9.92. The van der Waals surface area contributed by atoms with Crippen LogP contribution in [0, 0.1) is 0 Å². The van der Waals surface area contributed by atoms with E-state index in [1.165, 1.54) is 0 Å². The Labute approximate surface area is 149 Å². The van der Waals surface area contributed by atoms with Crippen LogP contribution in [0.25, 0.3) is 6.08 Å². The van der Waals surface area contributed by atoms with Crippen molar-refractivity contribution >= 4 is 14.4 Å². The SMILES string of the molecule is CCC(O)(CC)CCC=Cc1ccc(CO[Si](C)(C)C(C)(C)C)o1. The quantitative estimate of drug-likeness (QED) is 0.542. The maximum absolute atomic E-state index is 10.3. The van der Waals surface area contributed by atoms with Gasteiger partial charge in [-0.15, -0.1) is 0 Å². The molecule has 0 atom stereocenters. The number of hydrogen-bond acceptors (Lipinski definition) is 3. The van der Waals surface area contributed by atoms with Gasteiger partial charge in [0, 0.05) is 0 Å². The van der Waals surface area contributed by atoms with Crippen molar-refractivity contribution in [2.45, 2.75) is 90.6 Å². The van der Waals surface area contributed by atoms with Crippen LogP contribution in [0.4, 0.5) is 0 Å². The Hall–Kier alpha value is -0.843. The minimum Gasteiger partial charge on any atom is -0.459 e. The van der Waals surface area contributed by atoms with Crippen molar-refractivity contribution < 1.29 is 13.9 Å². The molecule has 0 amide bonds. The molecule has 0 bridgehead atoms. The summed E-state index contributed by atoms with van der Waals surface area (Å²) in [5.74, 6) is 1.72. The predicted molar refractivity (Wildman–Crippen MR) is 104 cm³/mol. The zero-order chi connectivity index (χ0) is 18.4. The van der Waals surface area contributed by atoms with Crippen LogP contribution in [-0.4, -0.2) is 19.0 Å². The summed E-state index contributed by atoms with van der Waals surface area (Å²) in [6, 6.07) is 3.97. The summed E-state index contributed by atoms with van der Waals surface area (Å²) in [4.78, 5) is 0. The van der Waals surface area contributed by atoms with Gasteiger partial charge in [-0.25, -0.2) is 0 Å². The summed E-state index contributed by atoms with van der Waals surface area (Å²) in [6.07, 6.45) is 7.31. The van der Waals surface area contributed by atoms with Crippen LogP contribution in [0.1, 0.15) is 71.8 Å². The minimum atomic E-state index is -1.74. The first-order valence-corrected chi connectivity index (χ1v) is 12.1. The van der Waals surface area contributed by atoms with Crippen LogP contribution < -0.4 is 0 Å². The first-order valence-electron chi connectivity index (χ1n) is 9.14. The lowest BCUT2D eigenvalue weighted by molar-refractivity contribution is 0.0246. The molecule has 0 saturated carbocycles. The molecular weight excluding hydrogens is 316 g/mol. The summed E-state index contributed by atoms with van der Waals surface area (Å²) in [7, 11) is -1.74. The molecule has 1 N–H and O–H groups in total. The Morgan fingerprint density at radius 2 is 1.79 bits per heavy atom. The molecule has 0 spiro atoms. The van der Waals surface area contributed by atoms with Crippen molar-refractivity contribution in [1.82, 2.24) is 0 Å². The molecule has 0 aliphatic carbocycles. The fraction of sp³-hybridized carbons (Fsp3) is 0.700. The van der Waals surface area contributed by atoms with Crippen molar-refractivity contribution in [3.63, 3.8) is 0 Å². The van der Waals surface area contributed by atoms with Gasteiger partial charge in [0.2, 0.25) is 0 Å². The third-order valence-electron chi connectivity index (χ3n) is 5.44. The molecule has 1 rings (SSSR count). The highest BCUT2D eigenvalue weighted by Gasteiger charge is 2.37. The average Bonchev–Trinajstić information content (AvgIpc) is 2.96. The second-order valence-corrected chi connectivity index (χ2v) is 13.0. The second-order valence-electron chi connectivity index (χ2n) is 8.23. The van der Waals surface area contributed by atoms with Crippen molar-refractivity contribution in [2.75, 3.05) is 0 Å². The smallest absolute Gasteiger partial charge is 0.192 e. The Morgan fingerprint density at radius 1 is 1.17 bits per heavy atom. The van der Waals surface area contributed by atoms with E-state index in [0.717, 1.165) is 37.2 Å². The van der Waals surface area contributed by atoms with Gasteiger partial charge in [0.15, 0.2) is 8.32 Å². The van der Waals surface area contributed by atoms with Gasteiger partial charge in [-0.2, -0.15) is 0 Å². The Kier molecular flexibility index (Phi) is 7.51. The van der Waals surface area contributed by atoms with Crippen LogP contribution in [0.5, 0.6) is 0 Å². The summed E-state index contributed by atoms with van der Waals surface area (Å²) in [5.41, 5.74) is -0.532. The summed E-state index contributed by atoms with van der Waals surface area (Å²) in [5, 5.41) is 10.5. The molecule has 1 heterocycles. The van der Waals surface area contributed by atoms with E-state index in [-0.39, 0.29) is 5.04 Å². The standard InChI is InChI=1S/C20H36O3Si/c1-8-20(21,9-2)15-11-10-12-17-13-14-18(23-17)16-22-24(6,7)19(3,4)5/h10,12-14,21H,8-9,11,15-16H2,1-7H3. The fourth-order valence-electron chi connectivity index (χ4n) is 2.18. The van der Waals surface area contributed by atoms with Crippen LogP contribution in [0.15, 0.2) is 22.6 Å². The lowest BCUT2D eigenvalue weighted by Gasteiger charge is -2.35. The van der Waals surface area contributed by atoms with Crippen LogP contribution in [0.2, 0.25) is 18.1 Å². The topological polar surface area (TPSA) is 42.6 Å². The number of allylic oxidation sites excluding steroid dienone is 1. The zero-order valence-electron chi connectivity index (χ0n) is 16.6. The summed E-state index contributed by atoms with van der Waals surface area (Å²) < 4.78 is 12.0. The van der Waals surface area contributed by atoms with E-state index in [1.807, 2.05) is 32.1 Å². The first-order chi connectivity index (χ1) is 11.0. The Bertz CT molecular complexity index is 519. The van der Waals surface area contributed by atoms with E-state index in [4.69, 9.17) is 8.84 Å². The maximum atomic E-state index is 10.3. The highest BCUT2D eigenvalue weighted by Crippen LogP contribution is 2.37. The van der Waals surface area contributed by atoms with E-state index in [9.17, 15) is 5.11 Å². The largest absolute Gasteiger partial charge is 0.459 e. The first kappa shape index (κ1) is 21.2. The zero-order valence-corrected chi connectivity index (χ0v) is 17.6. The van der Waals surface area contributed by atoms with Crippen molar-refractivity contribution in [1.29, 1.82) is 0 Å². The molecule has 1 aromatic heterocycles. The molecule has 0 aromatic carbocycles. The molecular formula is C20H36O3Si. The molecule has 0 aliphatic rings. The van der Waals surface area contributed by atoms with Gasteiger partial charge in [0.25, 0.3) is 0 Å². The van der Waals surface area contributed by atoms with Crippen LogP contribution in [-0.2, 0) is 11.0 Å². The maximum Gasteiger partial charge on any atom is 0.192 e. The molecule has 138 valence electrons. The van der Waals surface area contributed by atoms with E-state index < -0.39 is 13.9 Å². The number of furan rings is 1. The van der Waals surface area contributed by atoms with Crippen molar-refractivity contribution in [2.24, 2.45) is 0 Å². The van der Waals surface area contributed by atoms with Gasteiger partial charge >= 0.3 is 0 Å². The number of aliphatic hydroxyl groups is 1. The van der Waals surface area contributed by atoms with Crippen molar-refractivity contribution in [3.8, 4) is 0 Å². The molecule has 1 aromatic rings. The van der Waals surface area contributed by atoms with Crippen LogP contribution in [0.3, 0.4) is 0 Å². The predicted octanol–water partition coefficient (Wildman–Crippen LogP) is 6.15. The highest BCUT2D eigenvalue weighted by atomic mass is 28.4. The van der Waals surface area contributed by atoms with E-state index in [2.05, 4.69) is 39.9 Å². The minimum absolute atomic E-state index is 0.206. The van der Waals surface area contributed by atoms with Gasteiger partial charge in [0.1, 0.15) is 11.5 Å². The summed E-state index contributed by atoms with van der Waals surface area (Å²) in [6.45, 7) is 15.8. The molecule has 0 radical (unpaired) electrons. The molecule has 0 unspecified atom stereocenters. The monoisotopic (exact) mass is 352 g/mol. The lowest BCUT2D eigenvalue weighted by Crippen LogP contribution is -2.40. The average molecular weight is 353 g/mol. The fourth-order valence-corrected chi connectivity index (χ4v) is 3.12. The normalized spacial score (nSPS) is 13.8. The third-order valence-corrected chi connectivity index (χ3v) is 9.92. The highest BCUT2D eigenvalue weighted by molar-refractivity contribution is 6.74. The Morgan fingerprint density at radius 3 is 2.33 bits per heavy atom. The molecule has 3 nitrogen and oxygen atoms in total. The second kappa shape index (κ2) is 8.50. The van der Waals surface area contributed by atoms with Gasteiger partial charge in [-0.05, 0) is 62.0 Å². The van der Waals surface area contributed by atoms with E-state index in [1.54, 1.807) is 0 Å². The number of rotatable bonds is 9. The van der Waals surface area contributed by atoms with Crippen molar-refractivity contribution in [3.05, 3.63) is 29.7 Å². The molecule has 0 aliphatic heterocycles.